The number of amides is 2. The van der Waals surface area contributed by atoms with Gasteiger partial charge in [-0.15, -0.1) is 0 Å². The Balaban J connectivity index is 1.67. The Morgan fingerprint density at radius 2 is 1.91 bits per heavy atom. The van der Waals surface area contributed by atoms with Crippen molar-refractivity contribution in [3.8, 4) is 6.07 Å². The third-order valence-electron chi connectivity index (χ3n) is 5.73. The molecule has 0 spiro atoms. The molecule has 3 rings (SSSR count). The highest BCUT2D eigenvalue weighted by atomic mass is 35.5. The molecule has 7 nitrogen and oxygen atoms in total. The zero-order valence-corrected chi connectivity index (χ0v) is 20.2. The summed E-state index contributed by atoms with van der Waals surface area (Å²) in [5.74, 6) is -0.313. The van der Waals surface area contributed by atoms with Crippen molar-refractivity contribution in [2.75, 3.05) is 11.9 Å². The molecule has 1 aliphatic rings. The summed E-state index contributed by atoms with van der Waals surface area (Å²) >= 11 is 6.03. The summed E-state index contributed by atoms with van der Waals surface area (Å²) < 4.78 is 5.33. The Kier molecular flexibility index (Phi) is 9.06. The van der Waals surface area contributed by atoms with Gasteiger partial charge in [-0.3, -0.25) is 0 Å². The molecule has 0 bridgehead atoms. The van der Waals surface area contributed by atoms with E-state index >= 15 is 0 Å². The van der Waals surface area contributed by atoms with Crippen LogP contribution in [0.25, 0.3) is 0 Å². The number of hydrogen-bond acceptors (Lipinski definition) is 5. The Labute approximate surface area is 205 Å². The van der Waals surface area contributed by atoms with Crippen LogP contribution < -0.4 is 5.32 Å². The number of carbonyl (C=O) groups excluding carboxylic acids is 2. The Morgan fingerprint density at radius 3 is 2.56 bits per heavy atom. The predicted molar refractivity (Wildman–Crippen MR) is 133 cm³/mol. The molecule has 0 aliphatic carbocycles. The van der Waals surface area contributed by atoms with Crippen molar-refractivity contribution in [1.29, 1.82) is 5.26 Å². The van der Waals surface area contributed by atoms with Crippen LogP contribution in [-0.4, -0.2) is 35.4 Å². The predicted octanol–water partition coefficient (Wildman–Crippen LogP) is 6.25. The van der Waals surface area contributed by atoms with Crippen molar-refractivity contribution in [2.45, 2.75) is 52.1 Å². The first-order chi connectivity index (χ1) is 16.4. The molecule has 2 amide bonds. The molecule has 2 atom stereocenters. The lowest BCUT2D eigenvalue weighted by Crippen LogP contribution is -2.30. The van der Waals surface area contributed by atoms with Crippen molar-refractivity contribution < 1.29 is 14.3 Å². The van der Waals surface area contributed by atoms with Crippen LogP contribution in [0, 0.1) is 17.2 Å². The second-order valence-electron chi connectivity index (χ2n) is 8.31. The van der Waals surface area contributed by atoms with Gasteiger partial charge in [-0.05, 0) is 68.1 Å². The second kappa shape index (κ2) is 12.2. The molecule has 2 aromatic carbocycles. The molecule has 2 unspecified atom stereocenters. The zero-order valence-electron chi connectivity index (χ0n) is 19.5. The SMILES string of the molecule is CCC(C)OC(=O)c1ccc(NC(=O)N2CC(CCCCC#N)C(c3ccc(Cl)cc3)=N2)cc1. The highest BCUT2D eigenvalue weighted by Gasteiger charge is 2.30. The second-order valence-corrected chi connectivity index (χ2v) is 8.74. The van der Waals surface area contributed by atoms with Crippen molar-refractivity contribution in [2.24, 2.45) is 11.0 Å². The number of ether oxygens (including phenoxy) is 1. The van der Waals surface area contributed by atoms with Gasteiger partial charge < -0.3 is 10.1 Å². The minimum Gasteiger partial charge on any atom is -0.459 e. The van der Waals surface area contributed by atoms with E-state index in [1.54, 1.807) is 24.3 Å². The molecule has 0 fully saturated rings. The lowest BCUT2D eigenvalue weighted by Gasteiger charge is -2.16. The smallest absolute Gasteiger partial charge is 0.342 e. The van der Waals surface area contributed by atoms with E-state index in [9.17, 15) is 9.59 Å². The standard InChI is InChI=1S/C26H29ClN4O3/c1-3-18(2)34-25(32)20-10-14-23(15-11-20)29-26(33)31-17-21(7-5-4-6-16-28)24(30-31)19-8-12-22(27)13-9-19/h8-15,18,21H,3-7,17H2,1-2H3,(H,29,33). The van der Waals surface area contributed by atoms with Gasteiger partial charge >= 0.3 is 12.0 Å². The third-order valence-corrected chi connectivity index (χ3v) is 5.98. The number of benzene rings is 2. The van der Waals surface area contributed by atoms with Crippen molar-refractivity contribution in [1.82, 2.24) is 5.01 Å². The number of rotatable bonds is 9. The minimum absolute atomic E-state index is 0.0725. The number of esters is 1. The number of nitrogens with one attached hydrogen (secondary N) is 1. The first-order valence-electron chi connectivity index (χ1n) is 11.5. The molecule has 2 aromatic rings. The molecular weight excluding hydrogens is 452 g/mol. The van der Waals surface area contributed by atoms with E-state index in [4.69, 9.17) is 21.6 Å². The summed E-state index contributed by atoms with van der Waals surface area (Å²) in [5, 5.41) is 18.3. The molecule has 34 heavy (non-hydrogen) atoms. The number of nitrogens with zero attached hydrogens (tertiary/aromatic N) is 3. The summed E-state index contributed by atoms with van der Waals surface area (Å²) in [6.07, 6.45) is 3.65. The van der Waals surface area contributed by atoms with E-state index < -0.39 is 0 Å². The van der Waals surface area contributed by atoms with Gasteiger partial charge in [0.25, 0.3) is 0 Å². The minimum atomic E-state index is -0.386. The number of anilines is 1. The van der Waals surface area contributed by atoms with Crippen LogP contribution in [-0.2, 0) is 4.74 Å². The van der Waals surface area contributed by atoms with E-state index in [0.717, 1.165) is 37.0 Å². The molecule has 0 radical (unpaired) electrons. The number of halogens is 1. The fraction of sp³-hybridized carbons (Fsp3) is 0.385. The van der Waals surface area contributed by atoms with Crippen LogP contribution in [0.4, 0.5) is 10.5 Å². The summed E-state index contributed by atoms with van der Waals surface area (Å²) in [5.41, 5.74) is 2.76. The zero-order chi connectivity index (χ0) is 24.5. The number of nitriles is 1. The van der Waals surface area contributed by atoms with E-state index in [0.29, 0.717) is 29.2 Å². The Morgan fingerprint density at radius 1 is 1.21 bits per heavy atom. The maximum Gasteiger partial charge on any atom is 0.342 e. The summed E-state index contributed by atoms with van der Waals surface area (Å²) in [6.45, 7) is 4.25. The van der Waals surface area contributed by atoms with Crippen LogP contribution in [0.3, 0.4) is 0 Å². The molecule has 8 heteroatoms. The first kappa shape index (κ1) is 25.3. The average Bonchev–Trinajstić information content (AvgIpc) is 3.27. The lowest BCUT2D eigenvalue weighted by molar-refractivity contribution is 0.0334. The molecule has 1 aliphatic heterocycles. The Bertz CT molecular complexity index is 1060. The van der Waals surface area contributed by atoms with Crippen LogP contribution in [0.2, 0.25) is 5.02 Å². The number of unbranched alkanes of at least 4 members (excludes halogenated alkanes) is 2. The molecule has 0 aromatic heterocycles. The van der Waals surface area contributed by atoms with Crippen LogP contribution in [0.5, 0.6) is 0 Å². The van der Waals surface area contributed by atoms with Crippen LogP contribution in [0.1, 0.15) is 61.9 Å². The highest BCUT2D eigenvalue weighted by molar-refractivity contribution is 6.30. The molecule has 1 N–H and O–H groups in total. The fourth-order valence-corrected chi connectivity index (χ4v) is 3.75. The molecule has 0 saturated heterocycles. The van der Waals surface area contributed by atoms with Crippen molar-refractivity contribution in [3.63, 3.8) is 0 Å². The summed E-state index contributed by atoms with van der Waals surface area (Å²) in [6, 6.07) is 15.9. The van der Waals surface area contributed by atoms with E-state index in [-0.39, 0.29) is 24.0 Å². The Hall–Kier alpha value is -3.37. The van der Waals surface area contributed by atoms with Gasteiger partial charge in [0.15, 0.2) is 0 Å². The monoisotopic (exact) mass is 480 g/mol. The molecule has 0 saturated carbocycles. The summed E-state index contributed by atoms with van der Waals surface area (Å²) in [7, 11) is 0. The fourth-order valence-electron chi connectivity index (χ4n) is 3.62. The van der Waals surface area contributed by atoms with Gasteiger partial charge in [-0.25, -0.2) is 14.6 Å². The summed E-state index contributed by atoms with van der Waals surface area (Å²) in [4.78, 5) is 25.1. The van der Waals surface area contributed by atoms with E-state index in [1.807, 2.05) is 38.1 Å². The van der Waals surface area contributed by atoms with Gasteiger partial charge in [-0.1, -0.05) is 37.1 Å². The number of urea groups is 1. The van der Waals surface area contributed by atoms with Gasteiger partial charge in [0, 0.05) is 23.0 Å². The van der Waals surface area contributed by atoms with Crippen LogP contribution in [0.15, 0.2) is 53.6 Å². The molecule has 1 heterocycles. The quantitative estimate of drug-likeness (QED) is 0.339. The largest absolute Gasteiger partial charge is 0.459 e. The van der Waals surface area contributed by atoms with Gasteiger partial charge in [0.1, 0.15) is 0 Å². The maximum atomic E-state index is 12.9. The van der Waals surface area contributed by atoms with Gasteiger partial charge in [0.05, 0.1) is 30.0 Å². The molecular formula is C26H29ClN4O3. The highest BCUT2D eigenvalue weighted by Crippen LogP contribution is 2.26. The average molecular weight is 481 g/mol. The van der Waals surface area contributed by atoms with Gasteiger partial charge in [-0.2, -0.15) is 10.4 Å². The van der Waals surface area contributed by atoms with Crippen molar-refractivity contribution in [3.05, 3.63) is 64.7 Å². The lowest BCUT2D eigenvalue weighted by atomic mass is 9.92. The molecule has 178 valence electrons. The van der Waals surface area contributed by atoms with Crippen molar-refractivity contribution >= 4 is 35.0 Å². The van der Waals surface area contributed by atoms with E-state index in [2.05, 4.69) is 16.5 Å². The maximum absolute atomic E-state index is 12.9. The van der Waals surface area contributed by atoms with Gasteiger partial charge in [0.2, 0.25) is 0 Å². The number of carbonyl (C=O) groups is 2. The number of hydrogen-bond donors (Lipinski definition) is 1. The third kappa shape index (κ3) is 6.82. The van der Waals surface area contributed by atoms with E-state index in [1.165, 1.54) is 5.01 Å². The van der Waals surface area contributed by atoms with Crippen LogP contribution >= 0.6 is 11.6 Å². The number of hydrazone groups is 1. The topological polar surface area (TPSA) is 94.8 Å². The normalized spacial score (nSPS) is 15.9. The first-order valence-corrected chi connectivity index (χ1v) is 11.9.